The second-order valence-electron chi connectivity index (χ2n) is 12.4. The fraction of sp³-hybridized carbons (Fsp3) is 0.333. The predicted molar refractivity (Wildman–Crippen MR) is 178 cm³/mol. The number of halogens is 5. The van der Waals surface area contributed by atoms with E-state index in [9.17, 15) is 35.2 Å². The second kappa shape index (κ2) is 15.3. The molecule has 0 unspecified atom stereocenters. The summed E-state index contributed by atoms with van der Waals surface area (Å²) in [4.78, 5) is 23.2. The van der Waals surface area contributed by atoms with E-state index in [4.69, 9.17) is 9.57 Å². The van der Waals surface area contributed by atoms with Crippen molar-refractivity contribution < 1.29 is 44.7 Å². The van der Waals surface area contributed by atoms with Crippen molar-refractivity contribution in [3.05, 3.63) is 113 Å². The number of ether oxygens (including phenoxy) is 1. The van der Waals surface area contributed by atoms with Crippen molar-refractivity contribution in [2.24, 2.45) is 0 Å². The minimum Gasteiger partial charge on any atom is -0.487 e. The van der Waals surface area contributed by atoms with Crippen molar-refractivity contribution in [2.75, 3.05) is 24.0 Å². The smallest absolute Gasteiger partial charge is 0.249 e. The normalized spacial score (nSPS) is 16.8. The lowest BCUT2D eigenvalue weighted by Gasteiger charge is -2.41. The lowest BCUT2D eigenvalue weighted by molar-refractivity contribution is -0.125. The summed E-state index contributed by atoms with van der Waals surface area (Å²) >= 11 is 0. The van der Waals surface area contributed by atoms with Crippen LogP contribution in [0, 0.1) is 29.1 Å². The van der Waals surface area contributed by atoms with Gasteiger partial charge >= 0.3 is 0 Å². The summed E-state index contributed by atoms with van der Waals surface area (Å²) < 4.78 is 105. The van der Waals surface area contributed by atoms with E-state index < -0.39 is 62.5 Å². The maximum Gasteiger partial charge on any atom is 0.249 e. The van der Waals surface area contributed by atoms with Crippen LogP contribution in [-0.2, 0) is 32.8 Å². The predicted octanol–water partition coefficient (Wildman–Crippen LogP) is 7.37. The maximum absolute atomic E-state index is 14.7. The largest absolute Gasteiger partial charge is 0.487 e. The Kier molecular flexibility index (Phi) is 10.9. The van der Waals surface area contributed by atoms with E-state index in [1.807, 2.05) is 36.4 Å². The number of rotatable bonds is 12. The molecule has 9 nitrogen and oxygen atoms in total. The van der Waals surface area contributed by atoms with E-state index in [0.29, 0.717) is 21.6 Å². The Morgan fingerprint density at radius 1 is 0.902 bits per heavy atom. The summed E-state index contributed by atoms with van der Waals surface area (Å²) in [5, 5.41) is 0. The molecule has 15 heteroatoms. The van der Waals surface area contributed by atoms with E-state index in [1.54, 1.807) is 30.5 Å². The molecule has 270 valence electrons. The number of benzene rings is 3. The molecule has 1 saturated heterocycles. The van der Waals surface area contributed by atoms with Gasteiger partial charge in [-0.1, -0.05) is 55.7 Å². The van der Waals surface area contributed by atoms with Crippen LogP contribution in [0.3, 0.4) is 0 Å². The van der Waals surface area contributed by atoms with E-state index in [0.717, 1.165) is 36.8 Å². The van der Waals surface area contributed by atoms with Crippen LogP contribution in [0.1, 0.15) is 61.3 Å². The molecular formula is C36H35F5N4O5S. The van der Waals surface area contributed by atoms with Crippen LogP contribution in [0.4, 0.5) is 33.3 Å². The van der Waals surface area contributed by atoms with Crippen molar-refractivity contribution in [1.82, 2.24) is 9.29 Å². The minimum absolute atomic E-state index is 0.0846. The number of hydrogen-bond donors (Lipinski definition) is 1. The molecule has 1 saturated carbocycles. The summed E-state index contributed by atoms with van der Waals surface area (Å²) in [6.45, 7) is -0.397. The van der Waals surface area contributed by atoms with Crippen molar-refractivity contribution in [3.8, 4) is 5.75 Å². The molecule has 6 rings (SSSR count). The van der Waals surface area contributed by atoms with Gasteiger partial charge in [0.1, 0.15) is 24.1 Å². The number of nitrogens with zero attached hydrogens (tertiary/aromatic N) is 3. The highest BCUT2D eigenvalue weighted by Crippen LogP contribution is 2.37. The molecule has 2 fully saturated rings. The minimum atomic E-state index is -5.37. The number of carbonyl (C=O) groups is 1. The van der Waals surface area contributed by atoms with Gasteiger partial charge in [0.25, 0.3) is 0 Å². The lowest BCUT2D eigenvalue weighted by atomic mass is 9.85. The zero-order valence-electron chi connectivity index (χ0n) is 27.6. The molecule has 0 radical (unpaired) electrons. The molecule has 1 aromatic heterocycles. The quantitative estimate of drug-likeness (QED) is 0.0703. The Morgan fingerprint density at radius 3 is 2.20 bits per heavy atom. The van der Waals surface area contributed by atoms with Gasteiger partial charge in [-0.15, -0.1) is 0 Å². The number of carbonyl (C=O) groups excluding carboxylic acids is 1. The van der Waals surface area contributed by atoms with Crippen LogP contribution >= 0.6 is 0 Å². The maximum atomic E-state index is 14.7. The molecule has 1 amide bonds. The monoisotopic (exact) mass is 730 g/mol. The molecule has 1 N–H and O–H groups in total. The Hall–Kier alpha value is -4.60. The Morgan fingerprint density at radius 2 is 1.59 bits per heavy atom. The number of pyridine rings is 1. The molecule has 1 aliphatic carbocycles. The van der Waals surface area contributed by atoms with Crippen molar-refractivity contribution in [2.45, 2.75) is 68.5 Å². The average molecular weight is 731 g/mol. The van der Waals surface area contributed by atoms with Crippen LogP contribution in [0.2, 0.25) is 0 Å². The van der Waals surface area contributed by atoms with Gasteiger partial charge in [-0.3, -0.25) is 20.1 Å². The first-order valence-corrected chi connectivity index (χ1v) is 17.8. The van der Waals surface area contributed by atoms with Gasteiger partial charge in [0.15, 0.2) is 28.2 Å². The highest BCUT2D eigenvalue weighted by Gasteiger charge is 2.48. The molecular weight excluding hydrogens is 695 g/mol. The first kappa shape index (κ1) is 36.2. The number of aromatic nitrogens is 1. The molecule has 2 aliphatic rings. The van der Waals surface area contributed by atoms with Crippen LogP contribution in [-0.4, -0.2) is 43.3 Å². The van der Waals surface area contributed by atoms with E-state index in [-0.39, 0.29) is 31.0 Å². The average Bonchev–Trinajstić information content (AvgIpc) is 3.12. The number of amides is 1. The van der Waals surface area contributed by atoms with Crippen molar-refractivity contribution >= 4 is 27.3 Å². The van der Waals surface area contributed by atoms with Gasteiger partial charge < -0.3 is 9.64 Å². The summed E-state index contributed by atoms with van der Waals surface area (Å²) in [5.74, 6) is -12.5. The molecule has 1 aliphatic heterocycles. The van der Waals surface area contributed by atoms with E-state index in [2.05, 4.69) is 10.5 Å². The van der Waals surface area contributed by atoms with Gasteiger partial charge in [0.2, 0.25) is 21.7 Å². The fourth-order valence-corrected chi connectivity index (χ4v) is 8.14. The molecule has 0 spiro atoms. The number of nitrogens with one attached hydrogen (secondary N) is 1. The topological polar surface area (TPSA) is 101 Å². The highest BCUT2D eigenvalue weighted by molar-refractivity contribution is 7.89. The number of hydrogen-bond acceptors (Lipinski definition) is 7. The molecule has 3 aromatic carbocycles. The summed E-state index contributed by atoms with van der Waals surface area (Å²) in [6.07, 6.45) is 7.22. The molecule has 51 heavy (non-hydrogen) atoms. The van der Waals surface area contributed by atoms with Crippen LogP contribution in [0.5, 0.6) is 5.75 Å². The Bertz CT molecular complexity index is 1970. The number of anilines is 2. The summed E-state index contributed by atoms with van der Waals surface area (Å²) in [7, 11) is -3.96. The van der Waals surface area contributed by atoms with Crippen molar-refractivity contribution in [3.63, 3.8) is 0 Å². The van der Waals surface area contributed by atoms with Crippen LogP contribution < -0.4 is 15.1 Å². The third kappa shape index (κ3) is 7.41. The first-order chi connectivity index (χ1) is 24.5. The zero-order chi connectivity index (χ0) is 36.3. The Labute approximate surface area is 292 Å². The lowest BCUT2D eigenvalue weighted by Crippen LogP contribution is -2.59. The Balaban J connectivity index is 1.35. The molecule has 1 atom stereocenters. The van der Waals surface area contributed by atoms with E-state index >= 15 is 0 Å². The standard InChI is InChI=1S/C36H35F5N4O5S/c1-49-43-27-15-14-26(18-29(27)50-21-22-8-4-2-5-9-22)44(20-25-13-12-24(19-42-25)23-10-6-3-7-11-23)36(46)28-16-17-45(28)51(47,48)35-33(40)31(38)30(37)32(39)34(35)41/h2,4-5,8-9,12-15,18-19,23,28,43H,3,6-7,10-11,16-17,20-21H2,1H3/t28-/m1/s1. The number of sulfonamides is 1. The highest BCUT2D eigenvalue weighted by atomic mass is 32.2. The molecule has 4 aromatic rings. The second-order valence-corrected chi connectivity index (χ2v) is 14.2. The zero-order valence-corrected chi connectivity index (χ0v) is 28.4. The summed E-state index contributed by atoms with van der Waals surface area (Å²) in [5.41, 5.74) is 5.77. The van der Waals surface area contributed by atoms with Gasteiger partial charge in [0, 0.05) is 24.5 Å². The first-order valence-electron chi connectivity index (χ1n) is 16.4. The summed E-state index contributed by atoms with van der Waals surface area (Å²) in [6, 6.07) is 16.2. The van der Waals surface area contributed by atoms with Gasteiger partial charge in [0.05, 0.1) is 19.3 Å². The van der Waals surface area contributed by atoms with Gasteiger partial charge in [-0.2, -0.15) is 4.31 Å². The SMILES string of the molecule is CONc1ccc(N(Cc2ccc(C3CCCCC3)cn2)C(=O)[C@H]2CCN2S(=O)(=O)c2c(F)c(F)c(F)c(F)c2F)cc1OCc1ccccc1. The van der Waals surface area contributed by atoms with Crippen molar-refractivity contribution in [1.29, 1.82) is 0 Å². The molecule has 2 heterocycles. The fourth-order valence-electron chi connectivity index (χ4n) is 6.40. The third-order valence-electron chi connectivity index (χ3n) is 9.23. The van der Waals surface area contributed by atoms with Gasteiger partial charge in [-0.25, -0.2) is 30.4 Å². The van der Waals surface area contributed by atoms with Crippen LogP contribution in [0.15, 0.2) is 71.8 Å². The van der Waals surface area contributed by atoms with Gasteiger partial charge in [-0.05, 0) is 54.5 Å². The third-order valence-corrected chi connectivity index (χ3v) is 11.2. The van der Waals surface area contributed by atoms with Crippen LogP contribution in [0.25, 0.3) is 0 Å². The van der Waals surface area contributed by atoms with E-state index in [1.165, 1.54) is 18.4 Å². The molecule has 0 bridgehead atoms.